The molecule has 0 saturated heterocycles. The molecule has 0 heterocycles. The summed E-state index contributed by atoms with van der Waals surface area (Å²) in [5.41, 5.74) is 0. The van der Waals surface area contributed by atoms with Gasteiger partial charge in [-0.3, -0.25) is 4.79 Å². The summed E-state index contributed by atoms with van der Waals surface area (Å²) < 4.78 is 24.5. The summed E-state index contributed by atoms with van der Waals surface area (Å²) in [7, 11) is 0. The zero-order chi connectivity index (χ0) is 16.5. The van der Waals surface area contributed by atoms with Gasteiger partial charge < -0.3 is 14.8 Å². The van der Waals surface area contributed by atoms with Crippen LogP contribution in [-0.4, -0.2) is 25.2 Å². The van der Waals surface area contributed by atoms with Crippen LogP contribution in [-0.2, 0) is 4.79 Å². The summed E-state index contributed by atoms with van der Waals surface area (Å²) in [5, 5.41) is 2.73. The number of carbonyl (C=O) groups is 1. The Balaban J connectivity index is 1.77. The number of hydrogen-bond donors (Lipinski definition) is 1. The van der Waals surface area contributed by atoms with Gasteiger partial charge in [-0.15, -0.1) is 0 Å². The van der Waals surface area contributed by atoms with Crippen molar-refractivity contribution in [3.63, 3.8) is 0 Å². The van der Waals surface area contributed by atoms with E-state index in [-0.39, 0.29) is 11.7 Å². The molecule has 0 radical (unpaired) electrons. The molecule has 1 unspecified atom stereocenters. The van der Waals surface area contributed by atoms with Crippen LogP contribution in [0.1, 0.15) is 13.3 Å². The molecular formula is C18H20FNO3. The average molecular weight is 317 g/mol. The number of ether oxygens (including phenoxy) is 2. The third-order valence-electron chi connectivity index (χ3n) is 3.18. The molecule has 2 aromatic rings. The predicted molar refractivity (Wildman–Crippen MR) is 86.1 cm³/mol. The Labute approximate surface area is 135 Å². The minimum Gasteiger partial charge on any atom is -0.492 e. The SMILES string of the molecule is CCC(Oc1ccccc1F)C(=O)NCCOc1ccccc1. The highest BCUT2D eigenvalue weighted by atomic mass is 19.1. The molecule has 5 heteroatoms. The van der Waals surface area contributed by atoms with Crippen molar-refractivity contribution in [2.75, 3.05) is 13.2 Å². The molecule has 4 nitrogen and oxygen atoms in total. The van der Waals surface area contributed by atoms with E-state index in [1.54, 1.807) is 12.1 Å². The van der Waals surface area contributed by atoms with Crippen LogP contribution in [0.15, 0.2) is 54.6 Å². The molecule has 0 aliphatic carbocycles. The number of benzene rings is 2. The smallest absolute Gasteiger partial charge is 0.261 e. The molecule has 0 saturated carbocycles. The standard InChI is InChI=1S/C18H20FNO3/c1-2-16(23-17-11-7-6-10-15(17)19)18(21)20-12-13-22-14-8-4-3-5-9-14/h3-11,16H,2,12-13H2,1H3,(H,20,21). The molecule has 0 aliphatic heterocycles. The average Bonchev–Trinajstić information content (AvgIpc) is 2.59. The number of carbonyl (C=O) groups excluding carboxylic acids is 1. The largest absolute Gasteiger partial charge is 0.492 e. The third-order valence-corrected chi connectivity index (χ3v) is 3.18. The molecule has 23 heavy (non-hydrogen) atoms. The van der Waals surface area contributed by atoms with Gasteiger partial charge in [-0.2, -0.15) is 0 Å². The summed E-state index contributed by atoms with van der Waals surface area (Å²) in [6, 6.07) is 15.4. The van der Waals surface area contributed by atoms with Gasteiger partial charge in [-0.1, -0.05) is 37.3 Å². The highest BCUT2D eigenvalue weighted by molar-refractivity contribution is 5.81. The molecule has 0 spiro atoms. The second kappa shape index (κ2) is 8.78. The van der Waals surface area contributed by atoms with Gasteiger partial charge in [0.05, 0.1) is 6.54 Å². The normalized spacial score (nSPS) is 11.6. The number of nitrogens with one attached hydrogen (secondary N) is 1. The monoisotopic (exact) mass is 317 g/mol. The van der Waals surface area contributed by atoms with Gasteiger partial charge in [-0.25, -0.2) is 4.39 Å². The van der Waals surface area contributed by atoms with Crippen LogP contribution in [0.25, 0.3) is 0 Å². The fourth-order valence-corrected chi connectivity index (χ4v) is 1.99. The van der Waals surface area contributed by atoms with Crippen LogP contribution in [0, 0.1) is 5.82 Å². The molecule has 1 N–H and O–H groups in total. The summed E-state index contributed by atoms with van der Waals surface area (Å²) in [4.78, 5) is 12.1. The van der Waals surface area contributed by atoms with Crippen LogP contribution < -0.4 is 14.8 Å². The van der Waals surface area contributed by atoms with Gasteiger partial charge in [0, 0.05) is 0 Å². The maximum atomic E-state index is 13.6. The molecule has 2 aromatic carbocycles. The highest BCUT2D eigenvalue weighted by Gasteiger charge is 2.19. The quantitative estimate of drug-likeness (QED) is 0.761. The van der Waals surface area contributed by atoms with Gasteiger partial charge in [0.15, 0.2) is 17.7 Å². The van der Waals surface area contributed by atoms with Crippen molar-refractivity contribution in [3.8, 4) is 11.5 Å². The van der Waals surface area contributed by atoms with Crippen molar-refractivity contribution >= 4 is 5.91 Å². The Kier molecular flexibility index (Phi) is 6.41. The van der Waals surface area contributed by atoms with Crippen LogP contribution in [0.5, 0.6) is 11.5 Å². The first-order chi connectivity index (χ1) is 11.2. The summed E-state index contributed by atoms with van der Waals surface area (Å²) in [5.74, 6) is 0.0602. The lowest BCUT2D eigenvalue weighted by molar-refractivity contribution is -0.128. The first kappa shape index (κ1) is 16.8. The molecule has 0 bridgehead atoms. The first-order valence-electron chi connectivity index (χ1n) is 7.57. The molecule has 0 aromatic heterocycles. The molecular weight excluding hydrogens is 297 g/mol. The van der Waals surface area contributed by atoms with Crippen molar-refractivity contribution in [1.82, 2.24) is 5.32 Å². The zero-order valence-electron chi connectivity index (χ0n) is 13.0. The topological polar surface area (TPSA) is 47.6 Å². The second-order valence-electron chi connectivity index (χ2n) is 4.90. The van der Waals surface area contributed by atoms with E-state index in [0.29, 0.717) is 19.6 Å². The zero-order valence-corrected chi connectivity index (χ0v) is 13.0. The van der Waals surface area contributed by atoms with E-state index in [1.807, 2.05) is 37.3 Å². The Bertz CT molecular complexity index is 619. The van der Waals surface area contributed by atoms with Crippen LogP contribution in [0.4, 0.5) is 4.39 Å². The van der Waals surface area contributed by atoms with Crippen molar-refractivity contribution in [2.24, 2.45) is 0 Å². The van der Waals surface area contributed by atoms with Crippen molar-refractivity contribution in [3.05, 3.63) is 60.4 Å². The van der Waals surface area contributed by atoms with Gasteiger partial charge in [0.2, 0.25) is 0 Å². The molecule has 2 rings (SSSR count). The summed E-state index contributed by atoms with van der Waals surface area (Å²) in [6.45, 7) is 2.52. The van der Waals surface area contributed by atoms with E-state index in [9.17, 15) is 9.18 Å². The summed E-state index contributed by atoms with van der Waals surface area (Å²) in [6.07, 6.45) is -0.289. The second-order valence-corrected chi connectivity index (χ2v) is 4.90. The van der Waals surface area contributed by atoms with E-state index in [4.69, 9.17) is 9.47 Å². The van der Waals surface area contributed by atoms with Gasteiger partial charge >= 0.3 is 0 Å². The Morgan fingerprint density at radius 2 is 1.83 bits per heavy atom. The Morgan fingerprint density at radius 1 is 1.13 bits per heavy atom. The maximum absolute atomic E-state index is 13.6. The van der Waals surface area contributed by atoms with Crippen molar-refractivity contribution in [2.45, 2.75) is 19.4 Å². The predicted octanol–water partition coefficient (Wildman–Crippen LogP) is 3.18. The number of rotatable bonds is 8. The van der Waals surface area contributed by atoms with E-state index >= 15 is 0 Å². The number of hydrogen-bond acceptors (Lipinski definition) is 3. The first-order valence-corrected chi connectivity index (χ1v) is 7.57. The van der Waals surface area contributed by atoms with Crippen LogP contribution in [0.2, 0.25) is 0 Å². The third kappa shape index (κ3) is 5.29. The molecule has 122 valence electrons. The molecule has 0 aliphatic rings. The van der Waals surface area contributed by atoms with Crippen LogP contribution >= 0.6 is 0 Å². The lowest BCUT2D eigenvalue weighted by Crippen LogP contribution is -2.39. The lowest BCUT2D eigenvalue weighted by Gasteiger charge is -2.17. The molecule has 1 amide bonds. The number of amides is 1. The van der Waals surface area contributed by atoms with E-state index in [1.165, 1.54) is 12.1 Å². The molecule has 1 atom stereocenters. The summed E-state index contributed by atoms with van der Waals surface area (Å²) >= 11 is 0. The van der Waals surface area contributed by atoms with Crippen molar-refractivity contribution < 1.29 is 18.7 Å². The fraction of sp³-hybridized carbons (Fsp3) is 0.278. The van der Waals surface area contributed by atoms with Crippen LogP contribution in [0.3, 0.4) is 0 Å². The molecule has 0 fully saturated rings. The van der Waals surface area contributed by atoms with Gasteiger partial charge in [0.25, 0.3) is 5.91 Å². The highest BCUT2D eigenvalue weighted by Crippen LogP contribution is 2.18. The minimum atomic E-state index is -0.733. The number of para-hydroxylation sites is 2. The van der Waals surface area contributed by atoms with E-state index < -0.39 is 11.9 Å². The van der Waals surface area contributed by atoms with E-state index in [2.05, 4.69) is 5.32 Å². The Morgan fingerprint density at radius 3 is 2.52 bits per heavy atom. The number of halogens is 1. The fourth-order valence-electron chi connectivity index (χ4n) is 1.99. The van der Waals surface area contributed by atoms with Crippen molar-refractivity contribution in [1.29, 1.82) is 0 Å². The maximum Gasteiger partial charge on any atom is 0.261 e. The minimum absolute atomic E-state index is 0.0787. The lowest BCUT2D eigenvalue weighted by atomic mass is 10.2. The van der Waals surface area contributed by atoms with Gasteiger partial charge in [-0.05, 0) is 30.7 Å². The Hall–Kier alpha value is -2.56. The van der Waals surface area contributed by atoms with Gasteiger partial charge in [0.1, 0.15) is 12.4 Å². The van der Waals surface area contributed by atoms with E-state index in [0.717, 1.165) is 5.75 Å².